The molecule has 2 aromatic carbocycles. The van der Waals surface area contributed by atoms with Crippen molar-refractivity contribution in [2.75, 3.05) is 16.3 Å². The van der Waals surface area contributed by atoms with Gasteiger partial charge in [0.25, 0.3) is 0 Å². The lowest BCUT2D eigenvalue weighted by Gasteiger charge is -2.26. The van der Waals surface area contributed by atoms with Crippen LogP contribution in [0, 0.1) is 0 Å². The maximum Gasteiger partial charge on any atom is 0.231 e. The monoisotopic (exact) mass is 330 g/mol. The molecule has 0 spiro atoms. The summed E-state index contributed by atoms with van der Waals surface area (Å²) in [4.78, 5) is 13.9. The van der Waals surface area contributed by atoms with Gasteiger partial charge in [-0.1, -0.05) is 36.4 Å². The molecule has 1 aliphatic heterocycles. The average molecular weight is 330 g/mol. The molecule has 1 aromatic heterocycles. The fourth-order valence-corrected chi connectivity index (χ4v) is 3.57. The minimum atomic E-state index is 0.395. The number of fused-ring (bicyclic) bond motifs is 1. The molecule has 126 valence electrons. The average Bonchev–Trinajstić information content (AvgIpc) is 2.99. The lowest BCUT2D eigenvalue weighted by molar-refractivity contribution is 0.748. The van der Waals surface area contributed by atoms with E-state index >= 15 is 0 Å². The fourth-order valence-electron chi connectivity index (χ4n) is 3.57. The van der Waals surface area contributed by atoms with E-state index in [0.29, 0.717) is 6.04 Å². The molecule has 0 fully saturated rings. The Labute approximate surface area is 148 Å². The van der Waals surface area contributed by atoms with E-state index in [1.165, 1.54) is 11.3 Å². The zero-order valence-electron chi connectivity index (χ0n) is 14.6. The SMILES string of the molecule is CCN(c1ccccc1)c1nccc(N2c3ccccc3CC2C)n1. The van der Waals surface area contributed by atoms with Gasteiger partial charge in [-0.2, -0.15) is 4.98 Å². The molecule has 1 unspecified atom stereocenters. The third kappa shape index (κ3) is 2.84. The second kappa shape index (κ2) is 6.55. The molecule has 0 bridgehead atoms. The molecule has 1 atom stereocenters. The Hall–Kier alpha value is -2.88. The summed E-state index contributed by atoms with van der Waals surface area (Å²) in [6.07, 6.45) is 2.91. The minimum absolute atomic E-state index is 0.395. The first-order valence-corrected chi connectivity index (χ1v) is 8.80. The number of hydrogen-bond donors (Lipinski definition) is 0. The van der Waals surface area contributed by atoms with Gasteiger partial charge in [-0.15, -0.1) is 0 Å². The van der Waals surface area contributed by atoms with Crippen molar-refractivity contribution in [3.05, 3.63) is 72.4 Å². The van der Waals surface area contributed by atoms with Gasteiger partial charge in [0.15, 0.2) is 0 Å². The molecule has 1 aliphatic rings. The van der Waals surface area contributed by atoms with Gasteiger partial charge in [0.1, 0.15) is 5.82 Å². The summed E-state index contributed by atoms with van der Waals surface area (Å²) in [5.74, 6) is 1.69. The van der Waals surface area contributed by atoms with Crippen LogP contribution < -0.4 is 9.80 Å². The number of nitrogens with zero attached hydrogens (tertiary/aromatic N) is 4. The molecule has 0 saturated carbocycles. The zero-order valence-corrected chi connectivity index (χ0v) is 14.6. The molecule has 0 N–H and O–H groups in total. The molecule has 0 saturated heterocycles. The molecule has 2 heterocycles. The molecular formula is C21H22N4. The predicted octanol–water partition coefficient (Wildman–Crippen LogP) is 4.72. The van der Waals surface area contributed by atoms with Crippen molar-refractivity contribution < 1.29 is 0 Å². The minimum Gasteiger partial charge on any atom is -0.323 e. The fraction of sp³-hybridized carbons (Fsp3) is 0.238. The molecule has 4 nitrogen and oxygen atoms in total. The zero-order chi connectivity index (χ0) is 17.2. The second-order valence-electron chi connectivity index (χ2n) is 6.35. The Morgan fingerprint density at radius 1 is 1.04 bits per heavy atom. The molecular weight excluding hydrogens is 308 g/mol. The molecule has 3 aromatic rings. The van der Waals surface area contributed by atoms with Gasteiger partial charge in [-0.3, -0.25) is 0 Å². The number of anilines is 4. The first-order chi connectivity index (χ1) is 12.3. The first kappa shape index (κ1) is 15.6. The Morgan fingerprint density at radius 2 is 1.80 bits per heavy atom. The van der Waals surface area contributed by atoms with E-state index < -0.39 is 0 Å². The van der Waals surface area contributed by atoms with Crippen LogP contribution in [-0.2, 0) is 6.42 Å². The number of rotatable bonds is 4. The first-order valence-electron chi connectivity index (χ1n) is 8.80. The van der Waals surface area contributed by atoms with Gasteiger partial charge in [0, 0.05) is 30.2 Å². The molecule has 0 radical (unpaired) electrons. The molecule has 0 amide bonds. The van der Waals surface area contributed by atoms with Crippen LogP contribution in [0.15, 0.2) is 66.9 Å². The predicted molar refractivity (Wildman–Crippen MR) is 103 cm³/mol. The highest BCUT2D eigenvalue weighted by Gasteiger charge is 2.28. The van der Waals surface area contributed by atoms with Gasteiger partial charge >= 0.3 is 0 Å². The van der Waals surface area contributed by atoms with Gasteiger partial charge in [0.2, 0.25) is 5.95 Å². The van der Waals surface area contributed by atoms with Gasteiger partial charge < -0.3 is 9.80 Å². The smallest absolute Gasteiger partial charge is 0.231 e. The van der Waals surface area contributed by atoms with E-state index in [1.807, 2.05) is 30.5 Å². The highest BCUT2D eigenvalue weighted by atomic mass is 15.3. The summed E-state index contributed by atoms with van der Waals surface area (Å²) in [5, 5.41) is 0. The molecule has 4 rings (SSSR count). The van der Waals surface area contributed by atoms with Crippen LogP contribution in [0.2, 0.25) is 0 Å². The van der Waals surface area contributed by atoms with Crippen molar-refractivity contribution in [2.24, 2.45) is 0 Å². The largest absolute Gasteiger partial charge is 0.323 e. The van der Waals surface area contributed by atoms with Gasteiger partial charge in [0.05, 0.1) is 0 Å². The summed E-state index contributed by atoms with van der Waals surface area (Å²) < 4.78 is 0. The quantitative estimate of drug-likeness (QED) is 0.693. The summed E-state index contributed by atoms with van der Waals surface area (Å²) in [6, 6.07) is 21.3. The van der Waals surface area contributed by atoms with E-state index in [0.717, 1.165) is 30.4 Å². The molecule has 25 heavy (non-hydrogen) atoms. The Bertz CT molecular complexity index is 863. The molecule has 0 aliphatic carbocycles. The third-order valence-corrected chi connectivity index (χ3v) is 4.71. The van der Waals surface area contributed by atoms with E-state index in [2.05, 4.69) is 65.0 Å². The van der Waals surface area contributed by atoms with Crippen molar-refractivity contribution >= 4 is 23.1 Å². The maximum absolute atomic E-state index is 4.89. The van der Waals surface area contributed by atoms with E-state index in [-0.39, 0.29) is 0 Å². The van der Waals surface area contributed by atoms with Crippen LogP contribution in [0.5, 0.6) is 0 Å². The Balaban J connectivity index is 1.73. The summed E-state index contributed by atoms with van der Waals surface area (Å²) in [6.45, 7) is 5.19. The van der Waals surface area contributed by atoms with Crippen molar-refractivity contribution in [3.63, 3.8) is 0 Å². The van der Waals surface area contributed by atoms with Crippen LogP contribution in [0.4, 0.5) is 23.1 Å². The number of aromatic nitrogens is 2. The number of para-hydroxylation sites is 2. The lowest BCUT2D eigenvalue weighted by atomic mass is 10.1. The summed E-state index contributed by atoms with van der Waals surface area (Å²) in [7, 11) is 0. The van der Waals surface area contributed by atoms with Crippen molar-refractivity contribution in [2.45, 2.75) is 26.3 Å². The Kier molecular flexibility index (Phi) is 4.10. The van der Waals surface area contributed by atoms with Crippen LogP contribution in [-0.4, -0.2) is 22.6 Å². The van der Waals surface area contributed by atoms with Gasteiger partial charge in [-0.25, -0.2) is 4.98 Å². The van der Waals surface area contributed by atoms with Crippen LogP contribution in [0.3, 0.4) is 0 Å². The van der Waals surface area contributed by atoms with Crippen molar-refractivity contribution in [1.29, 1.82) is 0 Å². The van der Waals surface area contributed by atoms with E-state index in [1.54, 1.807) is 0 Å². The van der Waals surface area contributed by atoms with Crippen molar-refractivity contribution in [3.8, 4) is 0 Å². The second-order valence-corrected chi connectivity index (χ2v) is 6.35. The van der Waals surface area contributed by atoms with Crippen LogP contribution in [0.1, 0.15) is 19.4 Å². The van der Waals surface area contributed by atoms with E-state index in [9.17, 15) is 0 Å². The maximum atomic E-state index is 4.89. The highest BCUT2D eigenvalue weighted by Crippen LogP contribution is 2.37. The topological polar surface area (TPSA) is 32.3 Å². The number of hydrogen-bond acceptors (Lipinski definition) is 4. The molecule has 4 heteroatoms. The van der Waals surface area contributed by atoms with Crippen LogP contribution >= 0.6 is 0 Å². The summed E-state index contributed by atoms with van der Waals surface area (Å²) >= 11 is 0. The third-order valence-electron chi connectivity index (χ3n) is 4.71. The lowest BCUT2D eigenvalue weighted by Crippen LogP contribution is -2.26. The van der Waals surface area contributed by atoms with E-state index in [4.69, 9.17) is 4.98 Å². The highest BCUT2D eigenvalue weighted by molar-refractivity contribution is 5.69. The number of benzene rings is 2. The Morgan fingerprint density at radius 3 is 2.60 bits per heavy atom. The standard InChI is InChI=1S/C21H22N4/c1-3-24(18-10-5-4-6-11-18)21-22-14-13-20(23-21)25-16(2)15-17-9-7-8-12-19(17)25/h4-14,16H,3,15H2,1-2H3. The van der Waals surface area contributed by atoms with Crippen LogP contribution in [0.25, 0.3) is 0 Å². The van der Waals surface area contributed by atoms with Crippen molar-refractivity contribution in [1.82, 2.24) is 9.97 Å². The normalized spacial score (nSPS) is 15.9. The summed E-state index contributed by atoms with van der Waals surface area (Å²) in [5.41, 5.74) is 3.74. The van der Waals surface area contributed by atoms with Gasteiger partial charge in [-0.05, 0) is 50.1 Å².